The van der Waals surface area contributed by atoms with Crippen LogP contribution < -0.4 is 11.3 Å². The van der Waals surface area contributed by atoms with Crippen LogP contribution in [0, 0.1) is 0 Å². The van der Waals surface area contributed by atoms with Gasteiger partial charge in [-0.2, -0.15) is 5.10 Å². The van der Waals surface area contributed by atoms with Gasteiger partial charge in [0.15, 0.2) is 0 Å². The number of nitrogens with two attached hydrogens (primary N) is 1. The molecule has 0 fully saturated rings. The number of rotatable bonds is 3. The first-order valence-electron chi connectivity index (χ1n) is 5.03. The summed E-state index contributed by atoms with van der Waals surface area (Å²) in [4.78, 5) is 0. The van der Waals surface area contributed by atoms with Gasteiger partial charge in [0.1, 0.15) is 0 Å². The summed E-state index contributed by atoms with van der Waals surface area (Å²) in [5.74, 6) is 5.63. The van der Waals surface area contributed by atoms with Crippen molar-refractivity contribution in [2.24, 2.45) is 12.9 Å². The van der Waals surface area contributed by atoms with Crippen molar-refractivity contribution in [2.45, 2.75) is 6.04 Å². The van der Waals surface area contributed by atoms with Crippen molar-refractivity contribution < 1.29 is 0 Å². The average molecular weight is 316 g/mol. The van der Waals surface area contributed by atoms with Crippen molar-refractivity contribution in [3.8, 4) is 0 Å². The normalized spacial score (nSPS) is 12.7. The van der Waals surface area contributed by atoms with Crippen LogP contribution in [0.2, 0.25) is 5.02 Å². The number of benzene rings is 1. The highest BCUT2D eigenvalue weighted by Crippen LogP contribution is 2.31. The summed E-state index contributed by atoms with van der Waals surface area (Å²) in [6.07, 6.45) is 1.61. The molecule has 17 heavy (non-hydrogen) atoms. The monoisotopic (exact) mass is 314 g/mol. The first-order chi connectivity index (χ1) is 8.15. The average Bonchev–Trinajstić information content (AvgIpc) is 2.64. The maximum Gasteiger partial charge on any atom is 0.0904 e. The lowest BCUT2D eigenvalue weighted by molar-refractivity contribution is 0.573. The summed E-state index contributed by atoms with van der Waals surface area (Å²) in [6.45, 7) is 0. The Balaban J connectivity index is 2.52. The van der Waals surface area contributed by atoms with Gasteiger partial charge in [0.05, 0.1) is 23.0 Å². The summed E-state index contributed by atoms with van der Waals surface area (Å²) in [7, 11) is 1.84. The molecule has 0 aliphatic carbocycles. The van der Waals surface area contributed by atoms with E-state index in [9.17, 15) is 0 Å². The summed E-state index contributed by atoms with van der Waals surface area (Å²) in [5.41, 5.74) is 4.62. The molecular formula is C11H12BrClN4. The van der Waals surface area contributed by atoms with Crippen LogP contribution >= 0.6 is 27.5 Å². The van der Waals surface area contributed by atoms with Crippen LogP contribution in [0.25, 0.3) is 0 Å². The molecule has 1 aromatic heterocycles. The molecule has 2 rings (SSSR count). The van der Waals surface area contributed by atoms with Crippen LogP contribution in [0.15, 0.2) is 34.9 Å². The van der Waals surface area contributed by atoms with E-state index in [4.69, 9.17) is 17.4 Å². The summed E-state index contributed by atoms with van der Waals surface area (Å²) in [5, 5.41) is 4.70. The van der Waals surface area contributed by atoms with Crippen LogP contribution in [0.4, 0.5) is 0 Å². The van der Waals surface area contributed by atoms with Crippen molar-refractivity contribution in [1.82, 2.24) is 15.2 Å². The Kier molecular flexibility index (Phi) is 3.83. The molecule has 0 spiro atoms. The molecule has 6 heteroatoms. The van der Waals surface area contributed by atoms with E-state index in [1.165, 1.54) is 0 Å². The van der Waals surface area contributed by atoms with Gasteiger partial charge in [-0.15, -0.1) is 0 Å². The highest BCUT2D eigenvalue weighted by Gasteiger charge is 2.21. The number of hydrogen-bond donors (Lipinski definition) is 2. The summed E-state index contributed by atoms with van der Waals surface area (Å²) >= 11 is 9.63. The number of nitrogens with one attached hydrogen (secondary N) is 1. The minimum atomic E-state index is -0.203. The van der Waals surface area contributed by atoms with Gasteiger partial charge in [-0.25, -0.2) is 5.43 Å². The lowest BCUT2D eigenvalue weighted by Gasteiger charge is -2.18. The molecule has 0 bridgehead atoms. The number of aryl methyl sites for hydroxylation is 1. The van der Waals surface area contributed by atoms with Crippen LogP contribution in [-0.2, 0) is 7.05 Å². The van der Waals surface area contributed by atoms with E-state index in [0.717, 1.165) is 15.7 Å². The molecule has 0 aliphatic heterocycles. The molecule has 1 unspecified atom stereocenters. The Bertz CT molecular complexity index is 506. The van der Waals surface area contributed by atoms with E-state index >= 15 is 0 Å². The second-order valence-corrected chi connectivity index (χ2v) is 4.88. The number of nitrogens with zero attached hydrogens (tertiary/aromatic N) is 2. The van der Waals surface area contributed by atoms with Crippen LogP contribution in [0.1, 0.15) is 17.3 Å². The molecular weight excluding hydrogens is 304 g/mol. The van der Waals surface area contributed by atoms with Gasteiger partial charge < -0.3 is 0 Å². The third-order valence-corrected chi connectivity index (χ3v) is 3.61. The first kappa shape index (κ1) is 12.6. The fraction of sp³-hybridized carbons (Fsp3) is 0.182. The third-order valence-electron chi connectivity index (χ3n) is 2.59. The molecule has 90 valence electrons. The van der Waals surface area contributed by atoms with E-state index in [0.29, 0.717) is 5.02 Å². The molecule has 0 amide bonds. The Hall–Kier alpha value is -0.880. The predicted octanol–water partition coefficient (Wildman–Crippen LogP) is 2.39. The minimum Gasteiger partial charge on any atom is -0.271 e. The number of aromatic nitrogens is 2. The van der Waals surface area contributed by atoms with E-state index < -0.39 is 0 Å². The standard InChI is InChI=1S/C11H12BrClN4/c1-17-11(9(13)6-15-17)10(16-14)7-4-2-3-5-8(7)12/h2-6,10,16H,14H2,1H3. The zero-order valence-electron chi connectivity index (χ0n) is 9.19. The minimum absolute atomic E-state index is 0.203. The Morgan fingerprint density at radius 3 is 2.71 bits per heavy atom. The Labute approximate surface area is 113 Å². The highest BCUT2D eigenvalue weighted by molar-refractivity contribution is 9.10. The maximum atomic E-state index is 6.13. The zero-order valence-corrected chi connectivity index (χ0v) is 11.5. The number of halogens is 2. The van der Waals surface area contributed by atoms with Gasteiger partial charge in [-0.1, -0.05) is 45.7 Å². The summed E-state index contributed by atoms with van der Waals surface area (Å²) in [6, 6.07) is 7.65. The van der Waals surface area contributed by atoms with Gasteiger partial charge in [-0.05, 0) is 11.6 Å². The predicted molar refractivity (Wildman–Crippen MR) is 71.5 cm³/mol. The van der Waals surface area contributed by atoms with Crippen LogP contribution in [-0.4, -0.2) is 9.78 Å². The number of hydrazine groups is 1. The van der Waals surface area contributed by atoms with Crippen molar-refractivity contribution in [3.05, 3.63) is 51.2 Å². The fourth-order valence-corrected chi connectivity index (χ4v) is 2.56. The van der Waals surface area contributed by atoms with Gasteiger partial charge in [0.2, 0.25) is 0 Å². The molecule has 0 radical (unpaired) electrons. The maximum absolute atomic E-state index is 6.13. The van der Waals surface area contributed by atoms with Crippen molar-refractivity contribution in [3.63, 3.8) is 0 Å². The largest absolute Gasteiger partial charge is 0.271 e. The van der Waals surface area contributed by atoms with Crippen LogP contribution in [0.5, 0.6) is 0 Å². The van der Waals surface area contributed by atoms with Crippen LogP contribution in [0.3, 0.4) is 0 Å². The molecule has 1 heterocycles. The molecule has 0 aliphatic rings. The van der Waals surface area contributed by atoms with Gasteiger partial charge in [0, 0.05) is 11.5 Å². The molecule has 1 atom stereocenters. The Morgan fingerprint density at radius 2 is 2.18 bits per heavy atom. The third kappa shape index (κ3) is 2.37. The smallest absolute Gasteiger partial charge is 0.0904 e. The van der Waals surface area contributed by atoms with E-state index in [1.807, 2.05) is 31.3 Å². The van der Waals surface area contributed by atoms with Gasteiger partial charge in [-0.3, -0.25) is 10.5 Å². The SMILES string of the molecule is Cn1ncc(Cl)c1C(NN)c1ccccc1Br. The molecule has 1 aromatic carbocycles. The molecule has 2 aromatic rings. The van der Waals surface area contributed by atoms with E-state index in [1.54, 1.807) is 10.9 Å². The topological polar surface area (TPSA) is 55.9 Å². The zero-order chi connectivity index (χ0) is 12.4. The lowest BCUT2D eigenvalue weighted by atomic mass is 10.0. The Morgan fingerprint density at radius 1 is 1.47 bits per heavy atom. The quantitative estimate of drug-likeness (QED) is 0.675. The second kappa shape index (κ2) is 5.18. The molecule has 3 N–H and O–H groups in total. The van der Waals surface area contributed by atoms with E-state index in [2.05, 4.69) is 26.5 Å². The van der Waals surface area contributed by atoms with E-state index in [-0.39, 0.29) is 6.04 Å². The van der Waals surface area contributed by atoms with Crippen molar-refractivity contribution in [1.29, 1.82) is 0 Å². The van der Waals surface area contributed by atoms with Crippen molar-refractivity contribution in [2.75, 3.05) is 0 Å². The van der Waals surface area contributed by atoms with Gasteiger partial charge >= 0.3 is 0 Å². The lowest BCUT2D eigenvalue weighted by Crippen LogP contribution is -2.30. The number of hydrogen-bond acceptors (Lipinski definition) is 3. The molecule has 4 nitrogen and oxygen atoms in total. The summed E-state index contributed by atoms with van der Waals surface area (Å²) < 4.78 is 2.69. The van der Waals surface area contributed by atoms with Crippen molar-refractivity contribution >= 4 is 27.5 Å². The highest BCUT2D eigenvalue weighted by atomic mass is 79.9. The second-order valence-electron chi connectivity index (χ2n) is 3.62. The fourth-order valence-electron chi connectivity index (χ4n) is 1.77. The molecule has 0 saturated heterocycles. The van der Waals surface area contributed by atoms with Gasteiger partial charge in [0.25, 0.3) is 0 Å². The first-order valence-corrected chi connectivity index (χ1v) is 6.20. The molecule has 0 saturated carbocycles.